The molecule has 0 unspecified atom stereocenters. The van der Waals surface area contributed by atoms with Crippen LogP contribution in [0.15, 0.2) is 65.3 Å². The number of para-hydroxylation sites is 1. The quantitative estimate of drug-likeness (QED) is 0.438. The lowest BCUT2D eigenvalue weighted by atomic mass is 10.1. The van der Waals surface area contributed by atoms with Crippen LogP contribution in [0.5, 0.6) is 0 Å². The van der Waals surface area contributed by atoms with E-state index in [2.05, 4.69) is 9.97 Å². The van der Waals surface area contributed by atoms with E-state index in [4.69, 9.17) is 9.15 Å². The van der Waals surface area contributed by atoms with Crippen molar-refractivity contribution in [1.29, 1.82) is 0 Å². The molecule has 2 aromatic heterocycles. The summed E-state index contributed by atoms with van der Waals surface area (Å²) >= 11 is 0. The molecule has 0 radical (unpaired) electrons. The van der Waals surface area contributed by atoms with E-state index in [1.807, 2.05) is 30.3 Å². The molecule has 0 saturated carbocycles. The Morgan fingerprint density at radius 2 is 1.93 bits per heavy atom. The summed E-state index contributed by atoms with van der Waals surface area (Å²) in [5.74, 6) is -1.38. The highest BCUT2D eigenvalue weighted by Gasteiger charge is 2.14. The molecule has 0 bridgehead atoms. The number of aromatic nitrogens is 2. The van der Waals surface area contributed by atoms with Crippen molar-refractivity contribution in [2.24, 2.45) is 0 Å². The SMILES string of the molecule is O=C(CCc1ncc(-c2ccc(F)cc2F)o1)OCc1cccc2cccnc12. The minimum absolute atomic E-state index is 0.0596. The lowest BCUT2D eigenvalue weighted by Crippen LogP contribution is -2.06. The molecule has 2 aromatic carbocycles. The minimum Gasteiger partial charge on any atom is -0.461 e. The van der Waals surface area contributed by atoms with Gasteiger partial charge in [0.2, 0.25) is 0 Å². The Hall–Kier alpha value is -3.61. The molecule has 2 heterocycles. The van der Waals surface area contributed by atoms with E-state index in [1.165, 1.54) is 12.3 Å². The zero-order chi connectivity index (χ0) is 20.2. The summed E-state index contributed by atoms with van der Waals surface area (Å²) in [5.41, 5.74) is 1.72. The van der Waals surface area contributed by atoms with Crippen molar-refractivity contribution in [3.63, 3.8) is 0 Å². The van der Waals surface area contributed by atoms with E-state index in [0.717, 1.165) is 28.6 Å². The first-order valence-electron chi connectivity index (χ1n) is 8.98. The number of rotatable bonds is 6. The highest BCUT2D eigenvalue weighted by atomic mass is 19.1. The van der Waals surface area contributed by atoms with Gasteiger partial charge in [0.1, 0.15) is 18.2 Å². The highest BCUT2D eigenvalue weighted by molar-refractivity contribution is 5.81. The largest absolute Gasteiger partial charge is 0.461 e. The Morgan fingerprint density at radius 3 is 2.79 bits per heavy atom. The summed E-state index contributed by atoms with van der Waals surface area (Å²) in [6.45, 7) is 0.116. The Kier molecular flexibility index (Phi) is 5.29. The Bertz CT molecular complexity index is 1170. The number of nitrogens with zero attached hydrogens (tertiary/aromatic N) is 2. The van der Waals surface area contributed by atoms with E-state index < -0.39 is 17.6 Å². The molecule has 4 rings (SSSR count). The molecular formula is C22H16F2N2O3. The average Bonchev–Trinajstić information content (AvgIpc) is 3.19. The molecule has 29 heavy (non-hydrogen) atoms. The number of pyridine rings is 1. The normalized spacial score (nSPS) is 11.0. The van der Waals surface area contributed by atoms with Crippen LogP contribution < -0.4 is 0 Å². The topological polar surface area (TPSA) is 65.2 Å². The van der Waals surface area contributed by atoms with Crippen LogP contribution in [0.2, 0.25) is 0 Å². The molecule has 0 aliphatic heterocycles. The monoisotopic (exact) mass is 394 g/mol. The van der Waals surface area contributed by atoms with Crippen molar-refractivity contribution < 1.29 is 22.7 Å². The van der Waals surface area contributed by atoms with Gasteiger partial charge >= 0.3 is 5.97 Å². The van der Waals surface area contributed by atoms with Gasteiger partial charge in [0.25, 0.3) is 0 Å². The van der Waals surface area contributed by atoms with E-state index in [1.54, 1.807) is 6.20 Å². The second-order valence-corrected chi connectivity index (χ2v) is 6.40. The molecule has 0 spiro atoms. The molecule has 0 aliphatic rings. The second kappa shape index (κ2) is 8.18. The van der Waals surface area contributed by atoms with E-state index in [0.29, 0.717) is 0 Å². The Morgan fingerprint density at radius 1 is 1.07 bits per heavy atom. The molecule has 0 amide bonds. The molecule has 7 heteroatoms. The fourth-order valence-corrected chi connectivity index (χ4v) is 2.96. The highest BCUT2D eigenvalue weighted by Crippen LogP contribution is 2.24. The molecule has 0 N–H and O–H groups in total. The van der Waals surface area contributed by atoms with Crippen molar-refractivity contribution >= 4 is 16.9 Å². The molecule has 0 atom stereocenters. The number of fused-ring (bicyclic) bond motifs is 1. The number of carbonyl (C=O) groups is 1. The van der Waals surface area contributed by atoms with Gasteiger partial charge in [0, 0.05) is 29.6 Å². The summed E-state index contributed by atoms with van der Waals surface area (Å²) < 4.78 is 37.6. The first-order chi connectivity index (χ1) is 14.1. The van der Waals surface area contributed by atoms with Crippen molar-refractivity contribution in [3.05, 3.63) is 84.0 Å². The van der Waals surface area contributed by atoms with Crippen LogP contribution in [-0.4, -0.2) is 15.9 Å². The predicted octanol–water partition coefficient (Wildman–Crippen LogP) is 4.84. The average molecular weight is 394 g/mol. The molecular weight excluding hydrogens is 378 g/mol. The maximum absolute atomic E-state index is 13.8. The fourth-order valence-electron chi connectivity index (χ4n) is 2.96. The third-order valence-electron chi connectivity index (χ3n) is 4.40. The number of hydrogen-bond acceptors (Lipinski definition) is 5. The van der Waals surface area contributed by atoms with Gasteiger partial charge in [0.15, 0.2) is 11.7 Å². The van der Waals surface area contributed by atoms with Crippen LogP contribution >= 0.6 is 0 Å². The zero-order valence-electron chi connectivity index (χ0n) is 15.3. The van der Waals surface area contributed by atoms with Gasteiger partial charge in [-0.2, -0.15) is 0 Å². The van der Waals surface area contributed by atoms with Gasteiger partial charge in [-0.1, -0.05) is 24.3 Å². The Balaban J connectivity index is 1.35. The number of carbonyl (C=O) groups excluding carboxylic acids is 1. The summed E-state index contributed by atoms with van der Waals surface area (Å²) in [6.07, 6.45) is 3.30. The summed E-state index contributed by atoms with van der Waals surface area (Å²) in [4.78, 5) is 20.4. The lowest BCUT2D eigenvalue weighted by molar-refractivity contribution is -0.144. The zero-order valence-corrected chi connectivity index (χ0v) is 15.3. The molecule has 0 saturated heterocycles. The van der Waals surface area contributed by atoms with Crippen molar-refractivity contribution in [3.8, 4) is 11.3 Å². The van der Waals surface area contributed by atoms with Crippen LogP contribution in [0.3, 0.4) is 0 Å². The predicted molar refractivity (Wildman–Crippen MR) is 102 cm³/mol. The maximum atomic E-state index is 13.8. The first-order valence-corrected chi connectivity index (χ1v) is 8.98. The first kappa shape index (κ1) is 18.7. The van der Waals surface area contributed by atoms with Gasteiger partial charge in [-0.05, 0) is 18.2 Å². The maximum Gasteiger partial charge on any atom is 0.306 e. The molecule has 0 fully saturated rings. The summed E-state index contributed by atoms with van der Waals surface area (Å²) in [5, 5.41) is 0.974. The molecule has 5 nitrogen and oxygen atoms in total. The van der Waals surface area contributed by atoms with Crippen molar-refractivity contribution in [2.75, 3.05) is 0 Å². The standard InChI is InChI=1S/C22H16F2N2O3/c23-16-6-7-17(18(24)11-16)19-12-26-20(29-19)8-9-21(27)28-13-15-4-1-3-14-5-2-10-25-22(14)15/h1-7,10-12H,8-9,13H2. The summed E-state index contributed by atoms with van der Waals surface area (Å²) in [6, 6.07) is 12.7. The number of aryl methyl sites for hydroxylation is 1. The van der Waals surface area contributed by atoms with E-state index >= 15 is 0 Å². The number of ether oxygens (including phenoxy) is 1. The molecule has 0 aliphatic carbocycles. The smallest absolute Gasteiger partial charge is 0.306 e. The third kappa shape index (κ3) is 4.29. The van der Waals surface area contributed by atoms with Crippen LogP contribution in [0, 0.1) is 11.6 Å². The fraction of sp³-hybridized carbons (Fsp3) is 0.136. The number of halogens is 2. The Labute approximate surface area is 165 Å². The van der Waals surface area contributed by atoms with E-state index in [-0.39, 0.29) is 36.7 Å². The van der Waals surface area contributed by atoms with Gasteiger partial charge in [-0.25, -0.2) is 13.8 Å². The van der Waals surface area contributed by atoms with Gasteiger partial charge in [-0.3, -0.25) is 9.78 Å². The number of hydrogen-bond donors (Lipinski definition) is 0. The second-order valence-electron chi connectivity index (χ2n) is 6.40. The summed E-state index contributed by atoms with van der Waals surface area (Å²) in [7, 11) is 0. The third-order valence-corrected chi connectivity index (χ3v) is 4.40. The lowest BCUT2D eigenvalue weighted by Gasteiger charge is -2.07. The van der Waals surface area contributed by atoms with Crippen LogP contribution in [0.4, 0.5) is 8.78 Å². The van der Waals surface area contributed by atoms with Gasteiger partial charge in [0.05, 0.1) is 23.7 Å². The number of benzene rings is 2. The van der Waals surface area contributed by atoms with Crippen LogP contribution in [0.25, 0.3) is 22.2 Å². The van der Waals surface area contributed by atoms with E-state index in [9.17, 15) is 13.6 Å². The van der Waals surface area contributed by atoms with Crippen LogP contribution in [-0.2, 0) is 22.6 Å². The van der Waals surface area contributed by atoms with Gasteiger partial charge in [-0.15, -0.1) is 0 Å². The van der Waals surface area contributed by atoms with Crippen molar-refractivity contribution in [2.45, 2.75) is 19.4 Å². The minimum atomic E-state index is -0.740. The number of oxazole rings is 1. The van der Waals surface area contributed by atoms with Gasteiger partial charge < -0.3 is 9.15 Å². The molecule has 4 aromatic rings. The van der Waals surface area contributed by atoms with Crippen molar-refractivity contribution in [1.82, 2.24) is 9.97 Å². The number of esters is 1. The van der Waals surface area contributed by atoms with Crippen LogP contribution in [0.1, 0.15) is 17.9 Å². The molecule has 146 valence electrons.